The Labute approximate surface area is 139 Å². The van der Waals surface area contributed by atoms with Gasteiger partial charge in [0.15, 0.2) is 6.10 Å². The summed E-state index contributed by atoms with van der Waals surface area (Å²) < 4.78 is 0. The summed E-state index contributed by atoms with van der Waals surface area (Å²) >= 11 is 0. The van der Waals surface area contributed by atoms with Gasteiger partial charge in [0.2, 0.25) is 0 Å². The number of pyridine rings is 1. The molecule has 7 heteroatoms. The molecule has 128 valence electrons. The predicted octanol–water partition coefficient (Wildman–Crippen LogP) is 1.16. The SMILES string of the molecule is NCCc1ncccc1-c1ccccc1.O=C(O)C[C@H](O)C(=O)O. The van der Waals surface area contributed by atoms with E-state index in [-0.39, 0.29) is 0 Å². The van der Waals surface area contributed by atoms with E-state index >= 15 is 0 Å². The molecule has 24 heavy (non-hydrogen) atoms. The third kappa shape index (κ3) is 6.55. The molecule has 0 amide bonds. The Balaban J connectivity index is 0.000000277. The van der Waals surface area contributed by atoms with Crippen LogP contribution in [-0.4, -0.2) is 44.9 Å². The minimum Gasteiger partial charge on any atom is -0.481 e. The average Bonchev–Trinajstić information content (AvgIpc) is 2.56. The maximum Gasteiger partial charge on any atom is 0.333 e. The van der Waals surface area contributed by atoms with Crippen LogP contribution in [0.2, 0.25) is 0 Å². The molecule has 0 spiro atoms. The Morgan fingerprint density at radius 3 is 2.25 bits per heavy atom. The summed E-state index contributed by atoms with van der Waals surface area (Å²) in [5, 5.41) is 24.1. The molecular weight excluding hydrogens is 312 g/mol. The van der Waals surface area contributed by atoms with Crippen LogP contribution in [0.25, 0.3) is 11.1 Å². The van der Waals surface area contributed by atoms with E-state index in [1.54, 1.807) is 0 Å². The van der Waals surface area contributed by atoms with Gasteiger partial charge in [-0.15, -0.1) is 0 Å². The molecule has 1 atom stereocenters. The first-order valence-electron chi connectivity index (χ1n) is 7.27. The van der Waals surface area contributed by atoms with E-state index in [0.29, 0.717) is 6.54 Å². The molecule has 1 aromatic heterocycles. The van der Waals surface area contributed by atoms with Gasteiger partial charge in [0.05, 0.1) is 6.42 Å². The predicted molar refractivity (Wildman–Crippen MR) is 88.3 cm³/mol. The first-order chi connectivity index (χ1) is 11.5. The Morgan fingerprint density at radius 2 is 1.75 bits per heavy atom. The summed E-state index contributed by atoms with van der Waals surface area (Å²) in [6.07, 6.45) is 0.0974. The van der Waals surface area contributed by atoms with Gasteiger partial charge in [0.25, 0.3) is 0 Å². The van der Waals surface area contributed by atoms with Crippen LogP contribution in [0.1, 0.15) is 12.1 Å². The van der Waals surface area contributed by atoms with Crippen molar-refractivity contribution >= 4 is 11.9 Å². The zero-order valence-electron chi connectivity index (χ0n) is 13.0. The Hall–Kier alpha value is -2.77. The van der Waals surface area contributed by atoms with Crippen molar-refractivity contribution in [2.45, 2.75) is 18.9 Å². The van der Waals surface area contributed by atoms with Gasteiger partial charge in [-0.1, -0.05) is 36.4 Å². The molecule has 2 rings (SSSR count). The van der Waals surface area contributed by atoms with Gasteiger partial charge in [0.1, 0.15) is 0 Å². The highest BCUT2D eigenvalue weighted by molar-refractivity contribution is 5.79. The van der Waals surface area contributed by atoms with E-state index in [1.807, 2.05) is 30.5 Å². The molecule has 0 bridgehead atoms. The van der Waals surface area contributed by atoms with Crippen LogP contribution in [0.15, 0.2) is 48.7 Å². The fourth-order valence-corrected chi connectivity index (χ4v) is 1.91. The third-order valence-corrected chi connectivity index (χ3v) is 3.01. The second-order valence-electron chi connectivity index (χ2n) is 4.85. The molecule has 0 saturated carbocycles. The van der Waals surface area contributed by atoms with Crippen molar-refractivity contribution in [3.05, 3.63) is 54.4 Å². The number of rotatable bonds is 6. The number of carboxylic acids is 2. The molecule has 0 saturated heterocycles. The molecular formula is C17H20N2O5. The molecule has 2 aromatic rings. The lowest BCUT2D eigenvalue weighted by Gasteiger charge is -2.06. The molecule has 0 aliphatic heterocycles. The molecule has 0 aliphatic rings. The number of carboxylic acid groups (broad SMARTS) is 2. The fraction of sp³-hybridized carbons (Fsp3) is 0.235. The van der Waals surface area contributed by atoms with E-state index < -0.39 is 24.5 Å². The van der Waals surface area contributed by atoms with E-state index in [0.717, 1.165) is 12.1 Å². The highest BCUT2D eigenvalue weighted by atomic mass is 16.4. The minimum atomic E-state index is -1.79. The van der Waals surface area contributed by atoms with Crippen molar-refractivity contribution in [1.29, 1.82) is 0 Å². The van der Waals surface area contributed by atoms with Crippen LogP contribution in [0.5, 0.6) is 0 Å². The number of nitrogens with two attached hydrogens (primary N) is 1. The quantitative estimate of drug-likeness (QED) is 0.623. The summed E-state index contributed by atoms with van der Waals surface area (Å²) in [6, 6.07) is 14.3. The van der Waals surface area contributed by atoms with Crippen molar-refractivity contribution in [2.24, 2.45) is 5.73 Å². The van der Waals surface area contributed by atoms with Gasteiger partial charge in [-0.05, 0) is 18.2 Å². The van der Waals surface area contributed by atoms with Crippen molar-refractivity contribution in [1.82, 2.24) is 4.98 Å². The number of aliphatic hydroxyl groups is 1. The number of aromatic nitrogens is 1. The second kappa shape index (κ2) is 10.1. The minimum absolute atomic E-state index is 0.636. The zero-order chi connectivity index (χ0) is 17.9. The topological polar surface area (TPSA) is 134 Å². The van der Waals surface area contributed by atoms with Gasteiger partial charge < -0.3 is 21.1 Å². The molecule has 5 N–H and O–H groups in total. The molecule has 0 fully saturated rings. The summed E-state index contributed by atoms with van der Waals surface area (Å²) in [6.45, 7) is 0.636. The van der Waals surface area contributed by atoms with Gasteiger partial charge in [0, 0.05) is 23.9 Å². The van der Waals surface area contributed by atoms with Crippen molar-refractivity contribution in [2.75, 3.05) is 6.54 Å². The number of hydrogen-bond donors (Lipinski definition) is 4. The zero-order valence-corrected chi connectivity index (χ0v) is 13.0. The van der Waals surface area contributed by atoms with Crippen LogP contribution in [-0.2, 0) is 16.0 Å². The Bertz CT molecular complexity index is 661. The number of aliphatic hydroxyl groups excluding tert-OH is 1. The van der Waals surface area contributed by atoms with Crippen molar-refractivity contribution in [3.63, 3.8) is 0 Å². The largest absolute Gasteiger partial charge is 0.481 e. The Morgan fingerprint density at radius 1 is 1.08 bits per heavy atom. The number of aliphatic carboxylic acids is 2. The summed E-state index contributed by atoms with van der Waals surface area (Å²) in [5.41, 5.74) is 9.03. The number of hydrogen-bond acceptors (Lipinski definition) is 5. The number of carbonyl (C=O) groups is 2. The second-order valence-corrected chi connectivity index (χ2v) is 4.85. The van der Waals surface area contributed by atoms with Gasteiger partial charge in [-0.25, -0.2) is 4.79 Å². The highest BCUT2D eigenvalue weighted by Crippen LogP contribution is 2.21. The Kier molecular flexibility index (Phi) is 8.10. The van der Waals surface area contributed by atoms with Crippen molar-refractivity contribution < 1.29 is 24.9 Å². The summed E-state index contributed by atoms with van der Waals surface area (Å²) in [5.74, 6) is -2.85. The van der Waals surface area contributed by atoms with Crippen molar-refractivity contribution in [3.8, 4) is 11.1 Å². The molecule has 1 aromatic carbocycles. The van der Waals surface area contributed by atoms with Gasteiger partial charge in [-0.3, -0.25) is 9.78 Å². The molecule has 7 nitrogen and oxygen atoms in total. The maximum absolute atomic E-state index is 9.72. The molecule has 0 unspecified atom stereocenters. The first kappa shape index (κ1) is 19.3. The lowest BCUT2D eigenvalue weighted by Crippen LogP contribution is -2.22. The molecule has 0 radical (unpaired) electrons. The van der Waals surface area contributed by atoms with Crippen LogP contribution < -0.4 is 5.73 Å². The van der Waals surface area contributed by atoms with E-state index in [2.05, 4.69) is 23.2 Å². The van der Waals surface area contributed by atoms with Gasteiger partial charge >= 0.3 is 11.9 Å². The van der Waals surface area contributed by atoms with Crippen LogP contribution in [0, 0.1) is 0 Å². The molecule has 1 heterocycles. The standard InChI is InChI=1S/C13H14N2.C4H6O5/c14-9-8-13-12(7-4-10-15-13)11-5-2-1-3-6-11;5-2(4(8)9)1-3(6)7/h1-7,10H,8-9,14H2;2,5H,1H2,(H,6,7)(H,8,9)/t;2-/m.0/s1. The van der Waals surface area contributed by atoms with Crippen LogP contribution in [0.3, 0.4) is 0 Å². The van der Waals surface area contributed by atoms with Crippen LogP contribution >= 0.6 is 0 Å². The molecule has 0 aliphatic carbocycles. The monoisotopic (exact) mass is 332 g/mol. The first-order valence-corrected chi connectivity index (χ1v) is 7.27. The van der Waals surface area contributed by atoms with E-state index in [4.69, 9.17) is 21.1 Å². The number of nitrogens with zero attached hydrogens (tertiary/aromatic N) is 1. The number of benzene rings is 1. The van der Waals surface area contributed by atoms with E-state index in [1.165, 1.54) is 11.1 Å². The maximum atomic E-state index is 9.72. The lowest BCUT2D eigenvalue weighted by atomic mass is 10.0. The third-order valence-electron chi connectivity index (χ3n) is 3.01. The average molecular weight is 332 g/mol. The fourth-order valence-electron chi connectivity index (χ4n) is 1.91. The smallest absolute Gasteiger partial charge is 0.333 e. The summed E-state index contributed by atoms with van der Waals surface area (Å²) in [4.78, 5) is 23.8. The van der Waals surface area contributed by atoms with Crippen LogP contribution in [0.4, 0.5) is 0 Å². The highest BCUT2D eigenvalue weighted by Gasteiger charge is 2.16. The normalized spacial score (nSPS) is 11.1. The lowest BCUT2D eigenvalue weighted by molar-refractivity contribution is -0.152. The van der Waals surface area contributed by atoms with Gasteiger partial charge in [-0.2, -0.15) is 0 Å². The van der Waals surface area contributed by atoms with E-state index in [9.17, 15) is 9.59 Å². The summed E-state index contributed by atoms with van der Waals surface area (Å²) in [7, 11) is 0.